The average Bonchev–Trinajstić information content (AvgIpc) is 2.74. The van der Waals surface area contributed by atoms with Gasteiger partial charge in [-0.15, -0.1) is 11.8 Å². The number of hydrogen-bond acceptors (Lipinski definition) is 5. The number of carbonyl (C=O) groups is 1. The van der Waals surface area contributed by atoms with E-state index in [1.807, 2.05) is 26.0 Å². The molecule has 0 aliphatic carbocycles. The second-order valence-electron chi connectivity index (χ2n) is 6.53. The number of benzene rings is 2. The molecule has 0 spiro atoms. The molecule has 0 saturated heterocycles. The Balaban J connectivity index is 1.93. The number of thioether (sulfide) groups is 1. The Kier molecular flexibility index (Phi) is 9.51. The topological polar surface area (TPSA) is 65.0 Å². The predicted octanol–water partition coefficient (Wildman–Crippen LogP) is 5.31. The van der Waals surface area contributed by atoms with E-state index in [1.54, 1.807) is 17.8 Å². The third-order valence-electron chi connectivity index (χ3n) is 4.22. The van der Waals surface area contributed by atoms with Crippen LogP contribution in [-0.4, -0.2) is 42.8 Å². The van der Waals surface area contributed by atoms with Crippen LogP contribution in [0.1, 0.15) is 25.0 Å². The Morgan fingerprint density at radius 2 is 1.81 bits per heavy atom. The van der Waals surface area contributed by atoms with Crippen LogP contribution in [0, 0.1) is 0 Å². The first kappa shape index (κ1) is 24.9. The SMILES string of the molecule is CCO[C@H](COc1ccc(C(F)(F)F)cc1)CSc1ccc(OCC(=O)O)c(CC)c1. The van der Waals surface area contributed by atoms with Crippen molar-refractivity contribution in [3.8, 4) is 11.5 Å². The van der Waals surface area contributed by atoms with Gasteiger partial charge in [-0.05, 0) is 61.4 Å². The molecule has 0 saturated carbocycles. The van der Waals surface area contributed by atoms with E-state index < -0.39 is 24.3 Å². The molecule has 1 N–H and O–H groups in total. The number of ether oxygens (including phenoxy) is 3. The molecule has 5 nitrogen and oxygen atoms in total. The Bertz CT molecular complexity index is 840. The summed E-state index contributed by atoms with van der Waals surface area (Å²) >= 11 is 1.55. The molecule has 0 radical (unpaired) electrons. The van der Waals surface area contributed by atoms with Crippen molar-refractivity contribution in [1.82, 2.24) is 0 Å². The summed E-state index contributed by atoms with van der Waals surface area (Å²) < 4.78 is 54.6. The fourth-order valence-corrected chi connectivity index (χ4v) is 3.66. The molecule has 0 aliphatic heterocycles. The van der Waals surface area contributed by atoms with E-state index in [2.05, 4.69) is 0 Å². The summed E-state index contributed by atoms with van der Waals surface area (Å²) in [6.45, 7) is 4.10. The van der Waals surface area contributed by atoms with Crippen LogP contribution in [0.5, 0.6) is 11.5 Å². The van der Waals surface area contributed by atoms with Gasteiger partial charge in [0.25, 0.3) is 0 Å². The maximum atomic E-state index is 12.7. The van der Waals surface area contributed by atoms with Crippen molar-refractivity contribution < 1.29 is 37.3 Å². The number of hydrogen-bond donors (Lipinski definition) is 1. The lowest BCUT2D eigenvalue weighted by Gasteiger charge is -2.18. The first-order valence-electron chi connectivity index (χ1n) is 9.74. The van der Waals surface area contributed by atoms with E-state index in [4.69, 9.17) is 19.3 Å². The van der Waals surface area contributed by atoms with Crippen molar-refractivity contribution in [1.29, 1.82) is 0 Å². The number of halogens is 3. The van der Waals surface area contributed by atoms with Gasteiger partial charge in [-0.3, -0.25) is 0 Å². The van der Waals surface area contributed by atoms with Crippen molar-refractivity contribution >= 4 is 17.7 Å². The lowest BCUT2D eigenvalue weighted by Crippen LogP contribution is -2.24. The molecule has 170 valence electrons. The third-order valence-corrected chi connectivity index (χ3v) is 5.35. The standard InChI is InChI=1S/C22H25F3O5S/c1-3-15-11-19(9-10-20(15)30-13-21(26)27)31-14-18(28-4-2)12-29-17-7-5-16(6-8-17)22(23,24)25/h5-11,18H,3-4,12-14H2,1-2H3,(H,26,27)/t18-/m1/s1. The fourth-order valence-electron chi connectivity index (χ4n) is 2.70. The van der Waals surface area contributed by atoms with E-state index in [9.17, 15) is 18.0 Å². The molecule has 0 unspecified atom stereocenters. The molecule has 9 heteroatoms. The van der Waals surface area contributed by atoms with E-state index >= 15 is 0 Å². The lowest BCUT2D eigenvalue weighted by atomic mass is 10.1. The molecule has 0 aliphatic rings. The van der Waals surface area contributed by atoms with E-state index in [1.165, 1.54) is 12.1 Å². The van der Waals surface area contributed by atoms with Gasteiger partial charge >= 0.3 is 12.1 Å². The number of rotatable bonds is 12. The number of alkyl halides is 3. The van der Waals surface area contributed by atoms with Crippen LogP contribution in [0.25, 0.3) is 0 Å². The zero-order chi connectivity index (χ0) is 22.9. The maximum absolute atomic E-state index is 12.7. The van der Waals surface area contributed by atoms with Crippen molar-refractivity contribution in [2.24, 2.45) is 0 Å². The van der Waals surface area contributed by atoms with E-state index in [0.717, 1.165) is 22.6 Å². The Hall–Kier alpha value is -2.39. The molecule has 0 aromatic heterocycles. The van der Waals surface area contributed by atoms with Crippen LogP contribution in [0.4, 0.5) is 13.2 Å². The molecule has 0 fully saturated rings. The van der Waals surface area contributed by atoms with Crippen molar-refractivity contribution in [2.45, 2.75) is 37.4 Å². The van der Waals surface area contributed by atoms with Gasteiger partial charge in [-0.2, -0.15) is 13.2 Å². The van der Waals surface area contributed by atoms with Gasteiger partial charge < -0.3 is 19.3 Å². The highest BCUT2D eigenvalue weighted by Crippen LogP contribution is 2.31. The molecule has 2 aromatic carbocycles. The third kappa shape index (κ3) is 8.34. The second kappa shape index (κ2) is 11.9. The van der Waals surface area contributed by atoms with Crippen LogP contribution < -0.4 is 9.47 Å². The molecule has 31 heavy (non-hydrogen) atoms. The van der Waals surface area contributed by atoms with Gasteiger partial charge in [0.2, 0.25) is 0 Å². The summed E-state index contributed by atoms with van der Waals surface area (Å²) in [7, 11) is 0. The number of carboxylic acid groups (broad SMARTS) is 1. The van der Waals surface area contributed by atoms with Crippen molar-refractivity contribution in [3.63, 3.8) is 0 Å². The second-order valence-corrected chi connectivity index (χ2v) is 7.62. The summed E-state index contributed by atoms with van der Waals surface area (Å²) in [6, 6.07) is 10.1. The predicted molar refractivity (Wildman–Crippen MR) is 112 cm³/mol. The monoisotopic (exact) mass is 458 g/mol. The maximum Gasteiger partial charge on any atom is 0.416 e. The highest BCUT2D eigenvalue weighted by molar-refractivity contribution is 7.99. The normalized spacial score (nSPS) is 12.4. The van der Waals surface area contributed by atoms with Crippen LogP contribution in [0.3, 0.4) is 0 Å². The van der Waals surface area contributed by atoms with Gasteiger partial charge in [-0.1, -0.05) is 6.92 Å². The lowest BCUT2D eigenvalue weighted by molar-refractivity contribution is -0.139. The molecule has 1 atom stereocenters. The van der Waals surface area contributed by atoms with Gasteiger partial charge in [0.05, 0.1) is 5.56 Å². The Morgan fingerprint density at radius 3 is 2.39 bits per heavy atom. The van der Waals surface area contributed by atoms with Gasteiger partial charge in [0.15, 0.2) is 6.61 Å². The van der Waals surface area contributed by atoms with Crippen molar-refractivity contribution in [2.75, 3.05) is 25.6 Å². The summed E-state index contributed by atoms with van der Waals surface area (Å²) in [4.78, 5) is 11.7. The van der Waals surface area contributed by atoms with Crippen LogP contribution in [0.2, 0.25) is 0 Å². The first-order valence-corrected chi connectivity index (χ1v) is 10.7. The van der Waals surface area contributed by atoms with Crippen LogP contribution in [-0.2, 0) is 22.1 Å². The van der Waals surface area contributed by atoms with Gasteiger partial charge in [-0.25, -0.2) is 4.79 Å². The Morgan fingerprint density at radius 1 is 1.10 bits per heavy atom. The average molecular weight is 458 g/mol. The minimum atomic E-state index is -4.38. The summed E-state index contributed by atoms with van der Waals surface area (Å²) in [5, 5.41) is 8.77. The smallest absolute Gasteiger partial charge is 0.416 e. The molecular formula is C22H25F3O5S. The number of aliphatic carboxylic acids is 1. The van der Waals surface area contributed by atoms with Crippen LogP contribution >= 0.6 is 11.8 Å². The molecule has 2 rings (SSSR count). The minimum absolute atomic E-state index is 0.201. The largest absolute Gasteiger partial charge is 0.491 e. The molecule has 0 heterocycles. The summed E-state index contributed by atoms with van der Waals surface area (Å²) in [5.74, 6) is 0.428. The number of aryl methyl sites for hydroxylation is 1. The van der Waals surface area contributed by atoms with Crippen LogP contribution in [0.15, 0.2) is 47.4 Å². The Labute approximate surface area is 183 Å². The van der Waals surface area contributed by atoms with Crippen molar-refractivity contribution in [3.05, 3.63) is 53.6 Å². The zero-order valence-corrected chi connectivity index (χ0v) is 18.1. The van der Waals surface area contributed by atoms with E-state index in [-0.39, 0.29) is 12.7 Å². The highest BCUT2D eigenvalue weighted by atomic mass is 32.2. The fraction of sp³-hybridized carbons (Fsp3) is 0.409. The molecule has 0 amide bonds. The molecule has 2 aromatic rings. The van der Waals surface area contributed by atoms with Gasteiger partial charge in [0.1, 0.15) is 24.2 Å². The first-order chi connectivity index (χ1) is 14.7. The summed E-state index contributed by atoms with van der Waals surface area (Å²) in [5.41, 5.74) is 0.180. The molecule has 0 bridgehead atoms. The van der Waals surface area contributed by atoms with E-state index in [0.29, 0.717) is 30.3 Å². The quantitative estimate of drug-likeness (QED) is 0.435. The molecular weight excluding hydrogens is 433 g/mol. The van der Waals surface area contributed by atoms with Gasteiger partial charge in [0, 0.05) is 17.3 Å². The minimum Gasteiger partial charge on any atom is -0.491 e. The zero-order valence-electron chi connectivity index (χ0n) is 17.3. The number of carboxylic acids is 1. The summed E-state index contributed by atoms with van der Waals surface area (Å²) in [6.07, 6.45) is -3.95. The highest BCUT2D eigenvalue weighted by Gasteiger charge is 2.30.